The Hall–Kier alpha value is -3.19. The molecule has 150 valence electrons. The number of halogens is 2. The molecular formula is C21H19ClFN3O3. The van der Waals surface area contributed by atoms with Crippen LogP contribution in [-0.2, 0) is 4.79 Å². The molecular weight excluding hydrogens is 397 g/mol. The fourth-order valence-electron chi connectivity index (χ4n) is 2.67. The molecule has 0 bridgehead atoms. The molecule has 0 unspecified atom stereocenters. The van der Waals surface area contributed by atoms with Crippen molar-refractivity contribution in [3.05, 3.63) is 81.4 Å². The van der Waals surface area contributed by atoms with Crippen LogP contribution in [0.5, 0.6) is 5.88 Å². The SMILES string of the molecule is CC[C@@H](Oc1ccc(=O)n(-c2ccc(F)cc2)n1)C(=O)Nc1ccc(Cl)cc1C. The number of ether oxygens (including phenoxy) is 1. The first-order valence-electron chi connectivity index (χ1n) is 8.97. The van der Waals surface area contributed by atoms with E-state index in [1.807, 2.05) is 6.92 Å². The average Bonchev–Trinajstić information content (AvgIpc) is 2.70. The Balaban J connectivity index is 1.79. The van der Waals surface area contributed by atoms with Gasteiger partial charge in [-0.3, -0.25) is 9.59 Å². The summed E-state index contributed by atoms with van der Waals surface area (Å²) < 4.78 is 19.9. The molecule has 8 heteroatoms. The second kappa shape index (κ2) is 8.87. The quantitative estimate of drug-likeness (QED) is 0.657. The number of hydrogen-bond donors (Lipinski definition) is 1. The Morgan fingerprint density at radius 2 is 1.93 bits per heavy atom. The van der Waals surface area contributed by atoms with Gasteiger partial charge in [0.25, 0.3) is 11.5 Å². The monoisotopic (exact) mass is 415 g/mol. The summed E-state index contributed by atoms with van der Waals surface area (Å²) in [6.45, 7) is 3.64. The van der Waals surface area contributed by atoms with Crippen LogP contribution in [0.3, 0.4) is 0 Å². The zero-order valence-electron chi connectivity index (χ0n) is 15.9. The maximum absolute atomic E-state index is 13.1. The molecule has 0 fully saturated rings. The van der Waals surface area contributed by atoms with Crippen molar-refractivity contribution in [1.29, 1.82) is 0 Å². The summed E-state index contributed by atoms with van der Waals surface area (Å²) >= 11 is 5.94. The van der Waals surface area contributed by atoms with Gasteiger partial charge in [0, 0.05) is 22.8 Å². The van der Waals surface area contributed by atoms with Crippen LogP contribution in [0.4, 0.5) is 10.1 Å². The van der Waals surface area contributed by atoms with Gasteiger partial charge in [-0.05, 0) is 61.4 Å². The molecule has 1 atom stereocenters. The van der Waals surface area contributed by atoms with E-state index in [2.05, 4.69) is 10.4 Å². The Bertz CT molecular complexity index is 1080. The number of hydrogen-bond acceptors (Lipinski definition) is 4. The largest absolute Gasteiger partial charge is 0.463 e. The number of anilines is 1. The van der Waals surface area contributed by atoms with E-state index >= 15 is 0 Å². The predicted molar refractivity (Wildman–Crippen MR) is 109 cm³/mol. The number of carbonyl (C=O) groups excluding carboxylic acids is 1. The lowest BCUT2D eigenvalue weighted by atomic mass is 10.2. The summed E-state index contributed by atoms with van der Waals surface area (Å²) in [5.74, 6) is -0.669. The van der Waals surface area contributed by atoms with E-state index in [9.17, 15) is 14.0 Å². The molecule has 3 rings (SSSR count). The van der Waals surface area contributed by atoms with E-state index in [4.69, 9.17) is 16.3 Å². The van der Waals surface area contributed by atoms with E-state index in [1.54, 1.807) is 25.1 Å². The van der Waals surface area contributed by atoms with Gasteiger partial charge in [0.15, 0.2) is 6.10 Å². The van der Waals surface area contributed by atoms with Crippen LogP contribution in [0.25, 0.3) is 5.69 Å². The number of nitrogens with zero attached hydrogens (tertiary/aromatic N) is 2. The van der Waals surface area contributed by atoms with Crippen LogP contribution in [0.2, 0.25) is 5.02 Å². The van der Waals surface area contributed by atoms with Crippen molar-refractivity contribution in [2.24, 2.45) is 0 Å². The van der Waals surface area contributed by atoms with Crippen molar-refractivity contribution < 1.29 is 13.9 Å². The highest BCUT2D eigenvalue weighted by molar-refractivity contribution is 6.30. The minimum atomic E-state index is -0.822. The van der Waals surface area contributed by atoms with E-state index in [-0.39, 0.29) is 11.8 Å². The highest BCUT2D eigenvalue weighted by atomic mass is 35.5. The third kappa shape index (κ3) is 5.00. The smallest absolute Gasteiger partial charge is 0.271 e. The lowest BCUT2D eigenvalue weighted by Gasteiger charge is -2.18. The molecule has 1 N–H and O–H groups in total. The van der Waals surface area contributed by atoms with Crippen LogP contribution < -0.4 is 15.6 Å². The van der Waals surface area contributed by atoms with Crippen molar-refractivity contribution in [3.63, 3.8) is 0 Å². The summed E-state index contributed by atoms with van der Waals surface area (Å²) in [5, 5.41) is 7.53. The highest BCUT2D eigenvalue weighted by Gasteiger charge is 2.20. The number of aryl methyl sites for hydroxylation is 1. The van der Waals surface area contributed by atoms with Crippen LogP contribution >= 0.6 is 11.6 Å². The van der Waals surface area contributed by atoms with Crippen molar-refractivity contribution in [3.8, 4) is 11.6 Å². The van der Waals surface area contributed by atoms with Crippen LogP contribution in [0.15, 0.2) is 59.4 Å². The number of aromatic nitrogens is 2. The van der Waals surface area contributed by atoms with Gasteiger partial charge in [-0.2, -0.15) is 4.68 Å². The van der Waals surface area contributed by atoms with Gasteiger partial charge in [-0.25, -0.2) is 4.39 Å². The topological polar surface area (TPSA) is 73.2 Å². The number of carbonyl (C=O) groups is 1. The summed E-state index contributed by atoms with van der Waals surface area (Å²) in [5.41, 5.74) is 1.43. The molecule has 3 aromatic rings. The third-order valence-corrected chi connectivity index (χ3v) is 4.45. The first kappa shape index (κ1) is 20.5. The normalized spacial score (nSPS) is 11.7. The average molecular weight is 416 g/mol. The summed E-state index contributed by atoms with van der Waals surface area (Å²) in [4.78, 5) is 24.8. The molecule has 0 spiro atoms. The standard InChI is InChI=1S/C21H19ClFN3O3/c1-3-18(21(28)24-17-9-4-14(22)12-13(17)2)29-19-10-11-20(27)26(25-19)16-7-5-15(23)6-8-16/h4-12,18H,3H2,1-2H3,(H,24,28)/t18-/m1/s1. The Kier molecular flexibility index (Phi) is 6.29. The minimum Gasteiger partial charge on any atom is -0.463 e. The van der Waals surface area contributed by atoms with Crippen molar-refractivity contribution in [1.82, 2.24) is 9.78 Å². The number of benzene rings is 2. The highest BCUT2D eigenvalue weighted by Crippen LogP contribution is 2.20. The van der Waals surface area contributed by atoms with E-state index in [0.29, 0.717) is 22.8 Å². The zero-order valence-corrected chi connectivity index (χ0v) is 16.6. The molecule has 0 aliphatic carbocycles. The number of rotatable bonds is 6. The fraction of sp³-hybridized carbons (Fsp3) is 0.190. The first-order valence-corrected chi connectivity index (χ1v) is 9.35. The van der Waals surface area contributed by atoms with E-state index in [1.165, 1.54) is 36.4 Å². The van der Waals surface area contributed by atoms with Gasteiger partial charge in [0.1, 0.15) is 5.82 Å². The fourth-order valence-corrected chi connectivity index (χ4v) is 2.90. The van der Waals surface area contributed by atoms with Crippen molar-refractivity contribution in [2.45, 2.75) is 26.4 Å². The predicted octanol–water partition coefficient (Wildman–Crippen LogP) is 4.13. The molecule has 0 saturated heterocycles. The Morgan fingerprint density at radius 3 is 2.59 bits per heavy atom. The number of amides is 1. The van der Waals surface area contributed by atoms with Gasteiger partial charge in [-0.1, -0.05) is 18.5 Å². The van der Waals surface area contributed by atoms with Gasteiger partial charge in [0.05, 0.1) is 5.69 Å². The summed E-state index contributed by atoms with van der Waals surface area (Å²) in [6.07, 6.45) is -0.438. The van der Waals surface area contributed by atoms with Crippen LogP contribution in [-0.4, -0.2) is 21.8 Å². The minimum absolute atomic E-state index is 0.101. The molecule has 6 nitrogen and oxygen atoms in total. The maximum Gasteiger partial charge on any atom is 0.271 e. The van der Waals surface area contributed by atoms with Gasteiger partial charge >= 0.3 is 0 Å². The molecule has 1 amide bonds. The van der Waals surface area contributed by atoms with Crippen molar-refractivity contribution in [2.75, 3.05) is 5.32 Å². The van der Waals surface area contributed by atoms with E-state index < -0.39 is 17.5 Å². The summed E-state index contributed by atoms with van der Waals surface area (Å²) in [7, 11) is 0. The lowest BCUT2D eigenvalue weighted by Crippen LogP contribution is -2.33. The summed E-state index contributed by atoms with van der Waals surface area (Å²) in [6, 6.07) is 13.1. The molecule has 0 saturated carbocycles. The molecule has 0 aliphatic heterocycles. The third-order valence-electron chi connectivity index (χ3n) is 4.22. The molecule has 0 radical (unpaired) electrons. The first-order chi connectivity index (χ1) is 13.9. The van der Waals surface area contributed by atoms with Gasteiger partial charge in [-0.15, -0.1) is 5.10 Å². The van der Waals surface area contributed by atoms with Crippen molar-refractivity contribution >= 4 is 23.2 Å². The van der Waals surface area contributed by atoms with Crippen LogP contribution in [0.1, 0.15) is 18.9 Å². The molecule has 0 aliphatic rings. The Labute approximate surface area is 171 Å². The van der Waals surface area contributed by atoms with Gasteiger partial charge < -0.3 is 10.1 Å². The molecule has 29 heavy (non-hydrogen) atoms. The van der Waals surface area contributed by atoms with Gasteiger partial charge in [0.2, 0.25) is 5.88 Å². The van der Waals surface area contributed by atoms with Crippen LogP contribution in [0, 0.1) is 12.7 Å². The second-order valence-electron chi connectivity index (χ2n) is 6.36. The molecule has 2 aromatic carbocycles. The number of nitrogens with one attached hydrogen (secondary N) is 1. The molecule has 1 aromatic heterocycles. The Morgan fingerprint density at radius 1 is 1.21 bits per heavy atom. The second-order valence-corrected chi connectivity index (χ2v) is 6.80. The zero-order chi connectivity index (χ0) is 21.0. The lowest BCUT2D eigenvalue weighted by molar-refractivity contribution is -0.123. The van der Waals surface area contributed by atoms with E-state index in [0.717, 1.165) is 10.2 Å². The molecule has 1 heterocycles. The maximum atomic E-state index is 13.1.